The third kappa shape index (κ3) is 3.70. The van der Waals surface area contributed by atoms with Gasteiger partial charge in [-0.1, -0.05) is 12.1 Å². The van der Waals surface area contributed by atoms with Crippen molar-refractivity contribution >= 4 is 15.7 Å². The van der Waals surface area contributed by atoms with Gasteiger partial charge in [0.2, 0.25) is 0 Å². The Hall–Kier alpha value is -2.87. The van der Waals surface area contributed by atoms with Crippen LogP contribution in [0, 0.1) is 5.82 Å². The number of hydrogen-bond donors (Lipinski definition) is 0. The fraction of sp³-hybridized carbons (Fsp3) is 0.167. The van der Waals surface area contributed by atoms with Crippen molar-refractivity contribution < 1.29 is 17.5 Å². The Balaban J connectivity index is 2.02. The zero-order valence-electron chi connectivity index (χ0n) is 14.1. The highest BCUT2D eigenvalue weighted by Gasteiger charge is 2.27. The Morgan fingerprint density at radius 2 is 1.88 bits per heavy atom. The molecule has 2 aromatic carbocycles. The minimum absolute atomic E-state index is 0.00966. The number of hydrogen-bond acceptors (Lipinski definition) is 4. The highest BCUT2D eigenvalue weighted by molar-refractivity contribution is 7.92. The van der Waals surface area contributed by atoms with Gasteiger partial charge >= 0.3 is 0 Å². The van der Waals surface area contributed by atoms with Crippen LogP contribution in [0.2, 0.25) is 0 Å². The summed E-state index contributed by atoms with van der Waals surface area (Å²) in [6, 6.07) is 11.6. The second kappa shape index (κ2) is 7.57. The van der Waals surface area contributed by atoms with Crippen molar-refractivity contribution in [1.29, 1.82) is 0 Å². The minimum atomic E-state index is -3.90. The van der Waals surface area contributed by atoms with E-state index in [9.17, 15) is 12.8 Å². The van der Waals surface area contributed by atoms with Gasteiger partial charge < -0.3 is 9.30 Å². The van der Waals surface area contributed by atoms with E-state index in [-0.39, 0.29) is 11.4 Å². The van der Waals surface area contributed by atoms with Crippen LogP contribution in [0.1, 0.15) is 0 Å². The summed E-state index contributed by atoms with van der Waals surface area (Å²) in [5.74, 6) is -0.0602. The van der Waals surface area contributed by atoms with Crippen LogP contribution in [0.3, 0.4) is 0 Å². The first-order chi connectivity index (χ1) is 12.5. The Labute approximate surface area is 151 Å². The van der Waals surface area contributed by atoms with Gasteiger partial charge in [0, 0.05) is 18.9 Å². The van der Waals surface area contributed by atoms with E-state index in [1.165, 1.54) is 23.5 Å². The van der Waals surface area contributed by atoms with Gasteiger partial charge in [0.05, 0.1) is 30.6 Å². The first kappa shape index (κ1) is 17.9. The fourth-order valence-corrected chi connectivity index (χ4v) is 4.03. The molecule has 3 rings (SSSR count). The van der Waals surface area contributed by atoms with Crippen LogP contribution in [-0.4, -0.2) is 31.6 Å². The molecule has 26 heavy (non-hydrogen) atoms. The molecule has 136 valence electrons. The number of nitrogens with zero attached hydrogens (tertiary/aromatic N) is 3. The number of rotatable bonds is 7. The molecule has 6 nitrogen and oxygen atoms in total. The molecule has 0 spiro atoms. The lowest BCUT2D eigenvalue weighted by atomic mass is 10.3. The second-order valence-electron chi connectivity index (χ2n) is 5.50. The smallest absolute Gasteiger partial charge is 0.264 e. The van der Waals surface area contributed by atoms with Gasteiger partial charge in [-0.2, -0.15) is 0 Å². The second-order valence-corrected chi connectivity index (χ2v) is 7.37. The first-order valence-electron chi connectivity index (χ1n) is 7.89. The Morgan fingerprint density at radius 3 is 2.54 bits per heavy atom. The predicted octanol–water partition coefficient (Wildman–Crippen LogP) is 2.93. The van der Waals surface area contributed by atoms with Crippen molar-refractivity contribution in [3.63, 3.8) is 0 Å². The number of ether oxygens (including phenoxy) is 1. The largest absolute Gasteiger partial charge is 0.495 e. The standard InChI is InChI=1S/C18H18FN3O3S/c1-25-18-5-3-2-4-17(18)22(13-12-21-11-10-20-14-21)26(23,24)16-8-6-15(19)7-9-16/h2-11,14H,12-13H2,1H3. The third-order valence-corrected chi connectivity index (χ3v) is 5.70. The van der Waals surface area contributed by atoms with Gasteiger partial charge in [-0.15, -0.1) is 0 Å². The molecule has 1 heterocycles. The summed E-state index contributed by atoms with van der Waals surface area (Å²) in [5, 5.41) is 0. The van der Waals surface area contributed by atoms with Crippen LogP contribution in [0.5, 0.6) is 5.75 Å². The maximum Gasteiger partial charge on any atom is 0.264 e. The van der Waals surface area contributed by atoms with Crippen molar-refractivity contribution in [2.75, 3.05) is 18.0 Å². The summed E-state index contributed by atoms with van der Waals surface area (Å²) in [4.78, 5) is 3.97. The van der Waals surface area contributed by atoms with E-state index in [0.717, 1.165) is 12.1 Å². The van der Waals surface area contributed by atoms with Gasteiger partial charge in [-0.3, -0.25) is 4.31 Å². The molecule has 0 saturated carbocycles. The van der Waals surface area contributed by atoms with Crippen molar-refractivity contribution in [2.24, 2.45) is 0 Å². The normalized spacial score (nSPS) is 11.3. The fourth-order valence-electron chi connectivity index (χ4n) is 2.57. The van der Waals surface area contributed by atoms with E-state index < -0.39 is 15.8 Å². The van der Waals surface area contributed by atoms with Crippen LogP contribution in [0.15, 0.2) is 72.1 Å². The molecule has 0 radical (unpaired) electrons. The molecule has 0 bridgehead atoms. The average Bonchev–Trinajstić information content (AvgIpc) is 3.16. The molecular formula is C18H18FN3O3S. The summed E-state index contributed by atoms with van der Waals surface area (Å²) >= 11 is 0. The summed E-state index contributed by atoms with van der Waals surface area (Å²) in [6.45, 7) is 0.564. The maximum atomic E-state index is 13.2. The number of halogens is 1. The lowest BCUT2D eigenvalue weighted by molar-refractivity contribution is 0.415. The van der Waals surface area contributed by atoms with E-state index in [4.69, 9.17) is 4.74 Å². The predicted molar refractivity (Wildman–Crippen MR) is 96.2 cm³/mol. The van der Waals surface area contributed by atoms with Crippen LogP contribution in [0.25, 0.3) is 0 Å². The molecule has 0 aliphatic rings. The maximum absolute atomic E-state index is 13.2. The molecule has 8 heteroatoms. The summed E-state index contributed by atoms with van der Waals surface area (Å²) in [5.41, 5.74) is 0.416. The molecule has 0 fully saturated rings. The van der Waals surface area contributed by atoms with E-state index in [1.807, 2.05) is 0 Å². The highest BCUT2D eigenvalue weighted by Crippen LogP contribution is 2.32. The number of benzene rings is 2. The molecule has 0 atom stereocenters. The van der Waals surface area contributed by atoms with Crippen molar-refractivity contribution in [1.82, 2.24) is 9.55 Å². The van der Waals surface area contributed by atoms with Gasteiger partial charge in [-0.25, -0.2) is 17.8 Å². The van der Waals surface area contributed by atoms with E-state index in [1.54, 1.807) is 47.6 Å². The molecule has 0 N–H and O–H groups in total. The average molecular weight is 375 g/mol. The van der Waals surface area contributed by atoms with Crippen molar-refractivity contribution in [3.05, 3.63) is 73.1 Å². The highest BCUT2D eigenvalue weighted by atomic mass is 32.2. The molecule has 0 aliphatic carbocycles. The van der Waals surface area contributed by atoms with Crippen molar-refractivity contribution in [3.8, 4) is 5.75 Å². The zero-order valence-corrected chi connectivity index (χ0v) is 14.9. The summed E-state index contributed by atoms with van der Waals surface area (Å²) < 4.78 is 48.0. The first-order valence-corrected chi connectivity index (χ1v) is 9.33. The molecular weight excluding hydrogens is 357 g/mol. The lowest BCUT2D eigenvalue weighted by Gasteiger charge is -2.26. The SMILES string of the molecule is COc1ccccc1N(CCn1ccnc1)S(=O)(=O)c1ccc(F)cc1. The number of sulfonamides is 1. The van der Waals surface area contributed by atoms with Crippen molar-refractivity contribution in [2.45, 2.75) is 11.4 Å². The lowest BCUT2D eigenvalue weighted by Crippen LogP contribution is -2.34. The van der Waals surface area contributed by atoms with E-state index in [0.29, 0.717) is 18.0 Å². The molecule has 0 amide bonds. The Bertz CT molecular complexity index is 958. The third-order valence-electron chi connectivity index (χ3n) is 3.88. The molecule has 0 aliphatic heterocycles. The quantitative estimate of drug-likeness (QED) is 0.637. The molecule has 1 aromatic heterocycles. The molecule has 0 unspecified atom stereocenters. The summed E-state index contributed by atoms with van der Waals surface area (Å²) in [7, 11) is -2.42. The molecule has 0 saturated heterocycles. The van der Waals surface area contributed by atoms with Gasteiger partial charge in [0.15, 0.2) is 0 Å². The number of imidazole rings is 1. The van der Waals surface area contributed by atoms with Crippen LogP contribution >= 0.6 is 0 Å². The van der Waals surface area contributed by atoms with Gasteiger partial charge in [0.25, 0.3) is 10.0 Å². The Kier molecular flexibility index (Phi) is 5.22. The topological polar surface area (TPSA) is 64.4 Å². The van der Waals surface area contributed by atoms with Gasteiger partial charge in [0.1, 0.15) is 11.6 Å². The van der Waals surface area contributed by atoms with Gasteiger partial charge in [-0.05, 0) is 36.4 Å². The number of anilines is 1. The number of methoxy groups -OCH3 is 1. The number of aromatic nitrogens is 2. The van der Waals surface area contributed by atoms with Crippen LogP contribution in [0.4, 0.5) is 10.1 Å². The van der Waals surface area contributed by atoms with Crippen LogP contribution < -0.4 is 9.04 Å². The summed E-state index contributed by atoms with van der Waals surface area (Å²) in [6.07, 6.45) is 5.00. The van der Waals surface area contributed by atoms with E-state index >= 15 is 0 Å². The van der Waals surface area contributed by atoms with E-state index in [2.05, 4.69) is 4.98 Å². The minimum Gasteiger partial charge on any atom is -0.495 e. The Morgan fingerprint density at radius 1 is 1.15 bits per heavy atom. The zero-order chi connectivity index (χ0) is 18.6. The molecule has 3 aromatic rings. The van der Waals surface area contributed by atoms with Crippen LogP contribution in [-0.2, 0) is 16.6 Å². The monoisotopic (exact) mass is 375 g/mol. The number of para-hydroxylation sites is 2.